The van der Waals surface area contributed by atoms with Crippen LogP contribution in [0, 0.1) is 24.2 Å². The highest BCUT2D eigenvalue weighted by atomic mass is 32.1. The number of aliphatic hydroxyl groups excluding tert-OH is 1. The number of amides is 3. The van der Waals surface area contributed by atoms with E-state index in [0.29, 0.717) is 32.1 Å². The Balaban J connectivity index is 0.719. The van der Waals surface area contributed by atoms with Crippen LogP contribution in [0.4, 0.5) is 10.1 Å². The molecule has 6 atom stereocenters. The van der Waals surface area contributed by atoms with Gasteiger partial charge in [-0.1, -0.05) is 75.4 Å². The van der Waals surface area contributed by atoms with Crippen LogP contribution in [0.15, 0.2) is 78.3 Å². The molecule has 18 heteroatoms. The van der Waals surface area contributed by atoms with E-state index in [4.69, 9.17) is 23.7 Å². The highest BCUT2D eigenvalue weighted by Gasteiger charge is 2.47. The topological polar surface area (TPSA) is 203 Å². The molecule has 0 saturated heterocycles. The Morgan fingerprint density at radius 2 is 1.41 bits per heavy atom. The lowest BCUT2D eigenvalue weighted by atomic mass is 9.77. The first kappa shape index (κ1) is 57.3. The summed E-state index contributed by atoms with van der Waals surface area (Å²) < 4.78 is 42.9. The van der Waals surface area contributed by atoms with Gasteiger partial charge in [-0.15, -0.1) is 11.3 Å². The van der Waals surface area contributed by atoms with E-state index in [2.05, 4.69) is 49.9 Å². The molecule has 1 unspecified atom stereocenters. The molecule has 1 aliphatic carbocycles. The highest BCUT2D eigenvalue weighted by Crippen LogP contribution is 2.42. The maximum absolute atomic E-state index is 15.1. The number of aromatic amines is 1. The van der Waals surface area contributed by atoms with Crippen LogP contribution in [0.2, 0.25) is 0 Å². The van der Waals surface area contributed by atoms with Gasteiger partial charge >= 0.3 is 0 Å². The number of hydrogen-bond donors (Lipinski definition) is 5. The molecule has 0 spiro atoms. The van der Waals surface area contributed by atoms with Crippen molar-refractivity contribution in [1.29, 1.82) is 0 Å². The molecule has 1 saturated carbocycles. The number of aliphatic hydroxyl groups is 1. The van der Waals surface area contributed by atoms with Gasteiger partial charge in [-0.2, -0.15) is 0 Å². The van der Waals surface area contributed by atoms with E-state index >= 15 is 4.39 Å². The van der Waals surface area contributed by atoms with Gasteiger partial charge in [0.1, 0.15) is 18.9 Å². The zero-order valence-corrected chi connectivity index (χ0v) is 45.2. The summed E-state index contributed by atoms with van der Waals surface area (Å²) in [6.07, 6.45) is 0.318. The molecular formula is C57H75FN6O10S. The summed E-state index contributed by atoms with van der Waals surface area (Å²) in [5.41, 5.74) is 7.73. The lowest BCUT2D eigenvalue weighted by Crippen LogP contribution is -2.53. The second-order valence-corrected chi connectivity index (χ2v) is 22.2. The predicted molar refractivity (Wildman–Crippen MR) is 287 cm³/mol. The van der Waals surface area contributed by atoms with Gasteiger partial charge in [0.2, 0.25) is 17.7 Å². The number of rotatable bonds is 27. The van der Waals surface area contributed by atoms with Crippen molar-refractivity contribution >= 4 is 51.4 Å². The van der Waals surface area contributed by atoms with E-state index in [-0.39, 0.29) is 95.3 Å². The highest BCUT2D eigenvalue weighted by molar-refractivity contribution is 7.13. The van der Waals surface area contributed by atoms with Crippen LogP contribution in [-0.4, -0.2) is 140 Å². The number of nitrogens with one attached hydrogen (secondary N) is 4. The van der Waals surface area contributed by atoms with E-state index in [0.717, 1.165) is 44.9 Å². The minimum absolute atomic E-state index is 0.121. The maximum Gasteiger partial charge on any atom is 0.250 e. The lowest BCUT2D eigenvalue weighted by Gasteiger charge is -2.43. The van der Waals surface area contributed by atoms with E-state index in [1.54, 1.807) is 25.2 Å². The number of ether oxygens (including phenoxy) is 5. The number of nitrogens with zero attached hydrogens (tertiary/aromatic N) is 2. The Morgan fingerprint density at radius 3 is 2.01 bits per heavy atom. The number of Topliss-reactive ketones (excluding diaryl/α,β-unsaturated/α-hetero) is 1. The molecule has 5 N–H and O–H groups in total. The van der Waals surface area contributed by atoms with Crippen LogP contribution in [0.3, 0.4) is 0 Å². The van der Waals surface area contributed by atoms with Crippen LogP contribution in [0.25, 0.3) is 21.3 Å². The van der Waals surface area contributed by atoms with Crippen LogP contribution in [0.1, 0.15) is 88.5 Å². The van der Waals surface area contributed by atoms with Gasteiger partial charge in [-0.25, -0.2) is 9.37 Å². The summed E-state index contributed by atoms with van der Waals surface area (Å²) >= 11 is 1.57. The summed E-state index contributed by atoms with van der Waals surface area (Å²) in [4.78, 5) is 64.4. The molecule has 5 aromatic rings. The first-order valence-corrected chi connectivity index (χ1v) is 26.8. The molecule has 75 heavy (non-hydrogen) atoms. The van der Waals surface area contributed by atoms with Gasteiger partial charge in [0.15, 0.2) is 5.78 Å². The molecule has 0 radical (unpaired) electrons. The summed E-state index contributed by atoms with van der Waals surface area (Å²) in [5.74, 6) is -2.84. The fourth-order valence-corrected chi connectivity index (χ4v) is 10.8. The Hall–Kier alpha value is -5.44. The number of hydrogen-bond acceptors (Lipinski definition) is 13. The van der Waals surface area contributed by atoms with Crippen LogP contribution >= 0.6 is 11.3 Å². The molecule has 3 amide bonds. The van der Waals surface area contributed by atoms with Crippen molar-refractivity contribution in [3.8, 4) is 10.4 Å². The predicted octanol–water partition coefficient (Wildman–Crippen LogP) is 7.51. The molecular weight excluding hydrogens is 980 g/mol. The standard InChI is InChI=1S/C57H75FN6O10S/c1-36-28-44-43-10-8-9-11-47(43)62-50(44)51(64(36)34-57(6,7)58)39-16-18-41(19-17-39)61-48(66)32-73-26-24-71-22-20-70-21-23-72-25-27-74-33-49(67)63-54(56(3,4)5)52(68)45-29-42(65)30-46(45)55(69)59-31-38-12-14-40(15-13-38)53-37(2)60-35-75-53/h8-19,35-36,42,45-46,51,54,62,65H,20-34H2,1-7H3,(H,59,69)(H,61,66)(H,63,67)/t36-,42+,45?,46-,51-,54-/m1/s1. The third-order valence-corrected chi connectivity index (χ3v) is 14.6. The summed E-state index contributed by atoms with van der Waals surface area (Å²) in [7, 11) is 0. The van der Waals surface area contributed by atoms with Gasteiger partial charge in [0.25, 0.3) is 0 Å². The number of ketones is 1. The monoisotopic (exact) mass is 1050 g/mol. The second kappa shape index (κ2) is 26.6. The van der Waals surface area contributed by atoms with Crippen molar-refractivity contribution < 1.29 is 52.4 Å². The number of thiazole rings is 1. The summed E-state index contributed by atoms with van der Waals surface area (Å²) in [5, 5.41) is 20.5. The smallest absolute Gasteiger partial charge is 0.250 e. The minimum Gasteiger partial charge on any atom is -0.393 e. The molecule has 2 aromatic heterocycles. The molecule has 7 rings (SSSR count). The Labute approximate surface area is 443 Å². The number of aryl methyl sites for hydroxylation is 1. The first-order valence-electron chi connectivity index (χ1n) is 26.0. The van der Waals surface area contributed by atoms with Crippen LogP contribution < -0.4 is 16.0 Å². The minimum atomic E-state index is -1.38. The quantitative estimate of drug-likeness (QED) is 0.0325. The molecule has 1 fully saturated rings. The fraction of sp³-hybridized carbons (Fsp3) is 0.526. The number of fused-ring (bicyclic) bond motifs is 3. The largest absolute Gasteiger partial charge is 0.393 e. The van der Waals surface area contributed by atoms with Gasteiger partial charge in [-0.3, -0.25) is 24.1 Å². The molecule has 3 heterocycles. The van der Waals surface area contributed by atoms with Crippen molar-refractivity contribution in [3.63, 3.8) is 0 Å². The molecule has 16 nitrogen and oxygen atoms in total. The number of H-pyrrole nitrogens is 1. The number of halogens is 1. The average molecular weight is 1060 g/mol. The maximum atomic E-state index is 15.1. The second-order valence-electron chi connectivity index (χ2n) is 21.3. The first-order chi connectivity index (χ1) is 35.9. The van der Waals surface area contributed by atoms with Crippen molar-refractivity contribution in [2.75, 3.05) is 77.9 Å². The SMILES string of the molecule is Cc1ncsc1-c1ccc(CNC(=O)[C@@H]2C[C@@H](O)CC2C(=O)[C@@H](NC(=O)COCCOCCOCCOCCOCC(=O)Nc2ccc([C@@H]3c4[nH]c5ccccc5c4C[C@@H](C)N3CC(C)(C)F)cc2)C(C)(C)C)cc1. The van der Waals surface area contributed by atoms with E-state index in [1.807, 2.05) is 93.9 Å². The average Bonchev–Trinajstić information content (AvgIpc) is 4.11. The van der Waals surface area contributed by atoms with E-state index in [1.165, 1.54) is 10.9 Å². The molecule has 1 aliphatic heterocycles. The van der Waals surface area contributed by atoms with Crippen molar-refractivity contribution in [2.45, 2.75) is 104 Å². The van der Waals surface area contributed by atoms with Crippen molar-refractivity contribution in [2.24, 2.45) is 17.3 Å². The van der Waals surface area contributed by atoms with Crippen molar-refractivity contribution in [3.05, 3.63) is 106 Å². The number of para-hydroxylation sites is 1. The Morgan fingerprint density at radius 1 is 0.813 bits per heavy atom. The number of benzene rings is 3. The number of aromatic nitrogens is 2. The summed E-state index contributed by atoms with van der Waals surface area (Å²) in [6.45, 7) is 15.2. The van der Waals surface area contributed by atoms with Crippen LogP contribution in [0.5, 0.6) is 0 Å². The number of alkyl halides is 1. The molecule has 406 valence electrons. The van der Waals surface area contributed by atoms with Gasteiger partial charge in [0.05, 0.1) is 93.0 Å². The van der Waals surface area contributed by atoms with Gasteiger partial charge < -0.3 is 49.7 Å². The number of carbonyl (C=O) groups is 4. The third kappa shape index (κ3) is 16.1. The molecule has 2 aliphatic rings. The molecule has 3 aromatic carbocycles. The zero-order chi connectivity index (χ0) is 53.7. The molecule has 0 bridgehead atoms. The fourth-order valence-electron chi connectivity index (χ4n) is 10.0. The zero-order valence-electron chi connectivity index (χ0n) is 44.4. The van der Waals surface area contributed by atoms with E-state index < -0.39 is 41.0 Å². The van der Waals surface area contributed by atoms with Crippen LogP contribution in [-0.2, 0) is 55.8 Å². The van der Waals surface area contributed by atoms with Crippen molar-refractivity contribution in [1.82, 2.24) is 25.5 Å². The van der Waals surface area contributed by atoms with Gasteiger partial charge in [-0.05, 0) is 92.8 Å². The third-order valence-electron chi connectivity index (χ3n) is 13.7. The summed E-state index contributed by atoms with van der Waals surface area (Å²) in [6, 6.07) is 22.9. The van der Waals surface area contributed by atoms with Gasteiger partial charge in [0, 0.05) is 47.3 Å². The Kier molecular flexibility index (Phi) is 20.3. The Bertz CT molecular complexity index is 2660. The normalized spacial score (nSPS) is 19.5. The lowest BCUT2D eigenvalue weighted by molar-refractivity contribution is -0.138. The number of carbonyl (C=O) groups excluding carboxylic acids is 4. The number of anilines is 1. The van der Waals surface area contributed by atoms with E-state index in [9.17, 15) is 24.3 Å².